The number of hydrogen-bond acceptors (Lipinski definition) is 5. The number of rotatable bonds is 3. The highest BCUT2D eigenvalue weighted by atomic mass is 16.6. The number of anilines is 2. The van der Waals surface area contributed by atoms with Gasteiger partial charge in [-0.05, 0) is 45.0 Å². The van der Waals surface area contributed by atoms with E-state index in [1.165, 1.54) is 0 Å². The Hall–Kier alpha value is -2.23. The molecule has 1 fully saturated rings. The minimum Gasteiger partial charge on any atom is -0.444 e. The third-order valence-electron chi connectivity index (χ3n) is 3.78. The Bertz CT molecular complexity index is 618. The van der Waals surface area contributed by atoms with E-state index >= 15 is 0 Å². The van der Waals surface area contributed by atoms with Crippen molar-refractivity contribution in [3.05, 3.63) is 24.3 Å². The molecule has 1 heterocycles. The van der Waals surface area contributed by atoms with E-state index < -0.39 is 11.7 Å². The summed E-state index contributed by atoms with van der Waals surface area (Å²) in [5, 5.41) is 2.75. The molecule has 2 rings (SSSR count). The second-order valence-electron chi connectivity index (χ2n) is 6.99. The van der Waals surface area contributed by atoms with Gasteiger partial charge in [0.05, 0.1) is 13.1 Å². The topological polar surface area (TPSA) is 70.8 Å². The Labute approximate surface area is 150 Å². The molecule has 1 aliphatic heterocycles. The van der Waals surface area contributed by atoms with Crippen LogP contribution in [0, 0.1) is 11.8 Å². The summed E-state index contributed by atoms with van der Waals surface area (Å²) in [6.45, 7) is 10.6. The maximum Gasteiger partial charge on any atom is 0.412 e. The number of nitrogens with two attached hydrogens (primary N) is 1. The van der Waals surface area contributed by atoms with Crippen molar-refractivity contribution in [2.45, 2.75) is 26.4 Å². The molecule has 136 valence electrons. The van der Waals surface area contributed by atoms with E-state index in [4.69, 9.17) is 10.5 Å². The van der Waals surface area contributed by atoms with Crippen molar-refractivity contribution >= 4 is 17.5 Å². The number of benzene rings is 1. The van der Waals surface area contributed by atoms with Gasteiger partial charge in [-0.15, -0.1) is 0 Å². The first-order valence-corrected chi connectivity index (χ1v) is 8.60. The fraction of sp³-hybridized carbons (Fsp3) is 0.526. The summed E-state index contributed by atoms with van der Waals surface area (Å²) in [7, 11) is 0. The first-order chi connectivity index (χ1) is 11.9. The van der Waals surface area contributed by atoms with E-state index in [9.17, 15) is 4.79 Å². The Balaban J connectivity index is 1.83. The molecule has 0 radical (unpaired) electrons. The lowest BCUT2D eigenvalue weighted by Gasteiger charge is -2.35. The van der Waals surface area contributed by atoms with Gasteiger partial charge in [-0.2, -0.15) is 0 Å². The van der Waals surface area contributed by atoms with Crippen LogP contribution in [0.25, 0.3) is 0 Å². The van der Waals surface area contributed by atoms with Crippen molar-refractivity contribution < 1.29 is 9.53 Å². The Kier molecular flexibility index (Phi) is 6.68. The zero-order valence-electron chi connectivity index (χ0n) is 15.3. The van der Waals surface area contributed by atoms with Crippen LogP contribution < -0.4 is 16.0 Å². The number of hydrogen-bond donors (Lipinski definition) is 2. The third kappa shape index (κ3) is 6.65. The molecule has 1 aliphatic rings. The molecule has 0 unspecified atom stereocenters. The lowest BCUT2D eigenvalue weighted by Crippen LogP contribution is -2.46. The predicted molar refractivity (Wildman–Crippen MR) is 102 cm³/mol. The summed E-state index contributed by atoms with van der Waals surface area (Å²) < 4.78 is 5.26. The number of carbonyl (C=O) groups excluding carboxylic acids is 1. The van der Waals surface area contributed by atoms with Crippen molar-refractivity contribution in [2.24, 2.45) is 5.73 Å². The number of piperazine rings is 1. The molecule has 0 aromatic heterocycles. The lowest BCUT2D eigenvalue weighted by atomic mass is 10.2. The van der Waals surface area contributed by atoms with Gasteiger partial charge in [0, 0.05) is 37.6 Å². The lowest BCUT2D eigenvalue weighted by molar-refractivity contribution is 0.0636. The van der Waals surface area contributed by atoms with E-state index in [2.05, 4.69) is 27.0 Å². The van der Waals surface area contributed by atoms with Crippen LogP contribution in [0.5, 0.6) is 0 Å². The normalized spacial score (nSPS) is 15.3. The van der Waals surface area contributed by atoms with Gasteiger partial charge < -0.3 is 15.4 Å². The highest BCUT2D eigenvalue weighted by Gasteiger charge is 2.18. The molecule has 1 aromatic rings. The second kappa shape index (κ2) is 8.75. The van der Waals surface area contributed by atoms with E-state index in [-0.39, 0.29) is 0 Å². The van der Waals surface area contributed by atoms with Crippen LogP contribution in [0.2, 0.25) is 0 Å². The molecule has 3 N–H and O–H groups in total. The van der Waals surface area contributed by atoms with Crippen LogP contribution >= 0.6 is 0 Å². The maximum absolute atomic E-state index is 11.8. The minimum atomic E-state index is -0.502. The molecule has 0 bridgehead atoms. The molecular weight excluding hydrogens is 316 g/mol. The molecular formula is C19H28N4O2. The Morgan fingerprint density at radius 3 is 2.36 bits per heavy atom. The first kappa shape index (κ1) is 19.1. The molecule has 1 amide bonds. The third-order valence-corrected chi connectivity index (χ3v) is 3.78. The number of ether oxygens (including phenoxy) is 1. The van der Waals surface area contributed by atoms with Crippen LogP contribution in [-0.4, -0.2) is 55.9 Å². The van der Waals surface area contributed by atoms with Gasteiger partial charge in [-0.1, -0.05) is 11.8 Å². The quantitative estimate of drug-likeness (QED) is 0.822. The standard InChI is InChI=1S/C19H28N4O2/c1-19(2,3)25-18(24)21-16-6-8-17(9-7-16)23-14-12-22(13-15-23)11-5-4-10-20/h6-9H,10-15,20H2,1-3H3,(H,21,24). The van der Waals surface area contributed by atoms with Crippen molar-refractivity contribution in [1.82, 2.24) is 4.90 Å². The highest BCUT2D eigenvalue weighted by molar-refractivity contribution is 5.85. The fourth-order valence-electron chi connectivity index (χ4n) is 2.58. The zero-order valence-corrected chi connectivity index (χ0v) is 15.3. The fourth-order valence-corrected chi connectivity index (χ4v) is 2.58. The van der Waals surface area contributed by atoms with E-state index in [1.807, 2.05) is 45.0 Å². The summed E-state index contributed by atoms with van der Waals surface area (Å²) in [6, 6.07) is 7.85. The molecule has 0 saturated carbocycles. The van der Waals surface area contributed by atoms with Crippen molar-refractivity contribution in [3.8, 4) is 11.8 Å². The van der Waals surface area contributed by atoms with Crippen molar-refractivity contribution in [2.75, 3.05) is 49.5 Å². The largest absolute Gasteiger partial charge is 0.444 e. The Morgan fingerprint density at radius 1 is 1.16 bits per heavy atom. The Morgan fingerprint density at radius 2 is 1.80 bits per heavy atom. The molecule has 1 saturated heterocycles. The summed E-state index contributed by atoms with van der Waals surface area (Å²) in [5.74, 6) is 5.98. The van der Waals surface area contributed by atoms with E-state index in [1.54, 1.807) is 0 Å². The average molecular weight is 344 g/mol. The number of nitrogens with one attached hydrogen (secondary N) is 1. The summed E-state index contributed by atoms with van der Waals surface area (Å²) in [6.07, 6.45) is -0.438. The van der Waals surface area contributed by atoms with Gasteiger partial charge in [0.15, 0.2) is 0 Å². The number of carbonyl (C=O) groups is 1. The SMILES string of the molecule is CC(C)(C)OC(=O)Nc1ccc(N2CCN(CC#CCN)CC2)cc1. The summed E-state index contributed by atoms with van der Waals surface area (Å²) >= 11 is 0. The van der Waals surface area contributed by atoms with Gasteiger partial charge in [-0.25, -0.2) is 4.79 Å². The van der Waals surface area contributed by atoms with Gasteiger partial charge >= 0.3 is 6.09 Å². The van der Waals surface area contributed by atoms with Gasteiger partial charge in [0.2, 0.25) is 0 Å². The van der Waals surface area contributed by atoms with E-state index in [0.717, 1.165) is 44.1 Å². The molecule has 6 heteroatoms. The average Bonchev–Trinajstić information content (AvgIpc) is 2.55. The molecule has 25 heavy (non-hydrogen) atoms. The van der Waals surface area contributed by atoms with Crippen molar-refractivity contribution in [1.29, 1.82) is 0 Å². The van der Waals surface area contributed by atoms with Crippen LogP contribution in [0.3, 0.4) is 0 Å². The van der Waals surface area contributed by atoms with Gasteiger partial charge in [0.1, 0.15) is 5.60 Å². The van der Waals surface area contributed by atoms with Crippen LogP contribution in [0.4, 0.5) is 16.2 Å². The van der Waals surface area contributed by atoms with Gasteiger partial charge in [-0.3, -0.25) is 10.2 Å². The smallest absolute Gasteiger partial charge is 0.412 e. The summed E-state index contributed by atoms with van der Waals surface area (Å²) in [5.41, 5.74) is 6.76. The summed E-state index contributed by atoms with van der Waals surface area (Å²) in [4.78, 5) is 16.5. The zero-order chi connectivity index (χ0) is 18.3. The molecule has 0 aliphatic carbocycles. The molecule has 0 spiro atoms. The first-order valence-electron chi connectivity index (χ1n) is 8.60. The number of nitrogens with zero attached hydrogens (tertiary/aromatic N) is 2. The molecule has 6 nitrogen and oxygen atoms in total. The highest BCUT2D eigenvalue weighted by Crippen LogP contribution is 2.20. The van der Waals surface area contributed by atoms with E-state index in [0.29, 0.717) is 6.54 Å². The minimum absolute atomic E-state index is 0.420. The number of amides is 1. The molecule has 1 aromatic carbocycles. The monoisotopic (exact) mass is 344 g/mol. The van der Waals surface area contributed by atoms with Crippen LogP contribution in [-0.2, 0) is 4.74 Å². The second-order valence-corrected chi connectivity index (χ2v) is 6.99. The maximum atomic E-state index is 11.8. The van der Waals surface area contributed by atoms with Gasteiger partial charge in [0.25, 0.3) is 0 Å². The van der Waals surface area contributed by atoms with Crippen molar-refractivity contribution in [3.63, 3.8) is 0 Å². The molecule has 0 atom stereocenters. The van der Waals surface area contributed by atoms with Crippen LogP contribution in [0.15, 0.2) is 24.3 Å². The predicted octanol–water partition coefficient (Wildman–Crippen LogP) is 2.12. The van der Waals surface area contributed by atoms with Crippen LogP contribution in [0.1, 0.15) is 20.8 Å².